The number of hydrogen-bond acceptors (Lipinski definition) is 4. The lowest BCUT2D eigenvalue weighted by Crippen LogP contribution is -2.06. The fourth-order valence-corrected chi connectivity index (χ4v) is 6.74. The molecule has 1 aromatic heterocycles. The quantitative estimate of drug-likeness (QED) is 0.181. The van der Waals surface area contributed by atoms with E-state index in [9.17, 15) is 0 Å². The second-order valence-corrected chi connectivity index (χ2v) is 12.4. The van der Waals surface area contributed by atoms with Gasteiger partial charge >= 0.3 is 0 Å². The van der Waals surface area contributed by atoms with Crippen molar-refractivity contribution >= 4 is 0 Å². The molecule has 0 saturated heterocycles. The van der Waals surface area contributed by atoms with E-state index >= 15 is 0 Å². The van der Waals surface area contributed by atoms with Gasteiger partial charge in [-0.05, 0) is 68.8 Å². The second kappa shape index (κ2) is 12.8. The van der Waals surface area contributed by atoms with E-state index in [-0.39, 0.29) is 0 Å². The Labute approximate surface area is 291 Å². The fraction of sp³-hybridized carbons (Fsp3) is 0.0217. The van der Waals surface area contributed by atoms with Gasteiger partial charge in [0.25, 0.3) is 0 Å². The van der Waals surface area contributed by atoms with Gasteiger partial charge in [0, 0.05) is 22.3 Å². The normalized spacial score (nSPS) is 11.7. The summed E-state index contributed by atoms with van der Waals surface area (Å²) in [7, 11) is 0. The molecule has 1 aliphatic heterocycles. The Bertz CT molecular complexity index is 2390. The molecule has 0 saturated carbocycles. The van der Waals surface area contributed by atoms with E-state index in [4.69, 9.17) is 19.7 Å². The summed E-state index contributed by atoms with van der Waals surface area (Å²) in [5.74, 6) is 2.76. The molecule has 0 unspecified atom stereocenters. The van der Waals surface area contributed by atoms with Crippen molar-refractivity contribution in [2.75, 3.05) is 0 Å². The number of ether oxygens (including phenoxy) is 1. The molecule has 236 valence electrons. The van der Waals surface area contributed by atoms with Crippen LogP contribution in [0.15, 0.2) is 176 Å². The summed E-state index contributed by atoms with van der Waals surface area (Å²) in [6.07, 6.45) is 0. The summed E-state index contributed by atoms with van der Waals surface area (Å²) in [5.41, 5.74) is 12.9. The molecule has 0 fully saturated rings. The standard InChI is InChI=1S/C46H31N3O/c1-3-13-31(14-4-1)33-18-9-21-36(27-33)44-47-45(37-22-10-19-34(28-37)32-15-5-2-6-16-32)49-46(48-44)38-23-11-20-35(29-38)40-25-12-26-42-43(40)41-24-8-7-17-39(41)30-50-42/h1-29H,30H2. The van der Waals surface area contributed by atoms with Crippen LogP contribution in [0, 0.1) is 0 Å². The first kappa shape index (κ1) is 29.5. The van der Waals surface area contributed by atoms with E-state index in [1.807, 2.05) is 12.1 Å². The second-order valence-electron chi connectivity index (χ2n) is 12.4. The molecule has 4 heteroatoms. The maximum atomic E-state index is 6.21. The number of aromatic nitrogens is 3. The van der Waals surface area contributed by atoms with Crippen molar-refractivity contribution < 1.29 is 4.74 Å². The zero-order chi connectivity index (χ0) is 33.3. The molecule has 0 radical (unpaired) electrons. The van der Waals surface area contributed by atoms with E-state index in [1.165, 1.54) is 11.1 Å². The summed E-state index contributed by atoms with van der Waals surface area (Å²) in [6, 6.07) is 60.8. The monoisotopic (exact) mass is 641 g/mol. The topological polar surface area (TPSA) is 47.9 Å². The molecule has 0 amide bonds. The molecule has 7 aromatic carbocycles. The van der Waals surface area contributed by atoms with Gasteiger partial charge in [-0.25, -0.2) is 15.0 Å². The van der Waals surface area contributed by atoms with Gasteiger partial charge in [0.15, 0.2) is 17.5 Å². The number of hydrogen-bond donors (Lipinski definition) is 0. The number of rotatable bonds is 6. The number of nitrogens with zero attached hydrogens (tertiary/aromatic N) is 3. The van der Waals surface area contributed by atoms with Gasteiger partial charge in [0.2, 0.25) is 0 Å². The molecular formula is C46H31N3O. The zero-order valence-corrected chi connectivity index (χ0v) is 27.2. The lowest BCUT2D eigenvalue weighted by atomic mass is 9.89. The van der Waals surface area contributed by atoms with Crippen LogP contribution in [-0.4, -0.2) is 15.0 Å². The van der Waals surface area contributed by atoms with Crippen LogP contribution in [0.3, 0.4) is 0 Å². The zero-order valence-electron chi connectivity index (χ0n) is 27.2. The van der Waals surface area contributed by atoms with Crippen molar-refractivity contribution in [2.45, 2.75) is 6.61 Å². The lowest BCUT2D eigenvalue weighted by Gasteiger charge is -2.23. The van der Waals surface area contributed by atoms with Crippen LogP contribution in [-0.2, 0) is 6.61 Å². The molecule has 9 rings (SSSR count). The highest BCUT2D eigenvalue weighted by atomic mass is 16.5. The lowest BCUT2D eigenvalue weighted by molar-refractivity contribution is 0.302. The van der Waals surface area contributed by atoms with Gasteiger partial charge in [-0.3, -0.25) is 0 Å². The van der Waals surface area contributed by atoms with Crippen LogP contribution in [0.25, 0.3) is 78.7 Å². The predicted octanol–water partition coefficient (Wildman–Crippen LogP) is 11.4. The molecule has 4 nitrogen and oxygen atoms in total. The Hall–Kier alpha value is -6.65. The third kappa shape index (κ3) is 5.63. The highest BCUT2D eigenvalue weighted by molar-refractivity contribution is 5.90. The molecule has 50 heavy (non-hydrogen) atoms. The van der Waals surface area contributed by atoms with Gasteiger partial charge < -0.3 is 4.74 Å². The van der Waals surface area contributed by atoms with Crippen molar-refractivity contribution in [3.8, 4) is 84.4 Å². The van der Waals surface area contributed by atoms with Crippen LogP contribution < -0.4 is 4.74 Å². The maximum Gasteiger partial charge on any atom is 0.164 e. The van der Waals surface area contributed by atoms with E-state index < -0.39 is 0 Å². The molecular weight excluding hydrogens is 611 g/mol. The molecule has 0 bridgehead atoms. The summed E-state index contributed by atoms with van der Waals surface area (Å²) in [4.78, 5) is 15.3. The summed E-state index contributed by atoms with van der Waals surface area (Å²) < 4.78 is 6.21. The van der Waals surface area contributed by atoms with Crippen molar-refractivity contribution in [3.63, 3.8) is 0 Å². The van der Waals surface area contributed by atoms with E-state index in [2.05, 4.69) is 164 Å². The molecule has 0 N–H and O–H groups in total. The van der Waals surface area contributed by atoms with Crippen molar-refractivity contribution in [1.29, 1.82) is 0 Å². The first-order valence-corrected chi connectivity index (χ1v) is 16.8. The fourth-order valence-electron chi connectivity index (χ4n) is 6.74. The Morgan fingerprint density at radius 3 is 1.34 bits per heavy atom. The molecule has 1 aliphatic rings. The van der Waals surface area contributed by atoms with Crippen LogP contribution in [0.2, 0.25) is 0 Å². The molecule has 0 atom stereocenters. The number of benzene rings is 7. The van der Waals surface area contributed by atoms with Crippen molar-refractivity contribution in [2.24, 2.45) is 0 Å². The summed E-state index contributed by atoms with van der Waals surface area (Å²) >= 11 is 0. The van der Waals surface area contributed by atoms with E-state index in [0.29, 0.717) is 24.1 Å². The maximum absolute atomic E-state index is 6.21. The van der Waals surface area contributed by atoms with Crippen molar-refractivity contribution in [3.05, 3.63) is 181 Å². The average Bonchev–Trinajstić information content (AvgIpc) is 3.21. The largest absolute Gasteiger partial charge is 0.488 e. The van der Waals surface area contributed by atoms with Crippen LogP contribution in [0.4, 0.5) is 0 Å². The van der Waals surface area contributed by atoms with Gasteiger partial charge in [0.1, 0.15) is 12.4 Å². The minimum absolute atomic E-state index is 0.569. The van der Waals surface area contributed by atoms with E-state index in [1.54, 1.807) is 0 Å². The van der Waals surface area contributed by atoms with Gasteiger partial charge in [-0.1, -0.05) is 152 Å². The Morgan fingerprint density at radius 2 is 0.760 bits per heavy atom. The van der Waals surface area contributed by atoms with Crippen LogP contribution in [0.5, 0.6) is 5.75 Å². The first-order valence-electron chi connectivity index (χ1n) is 16.8. The Kier molecular flexibility index (Phi) is 7.52. The predicted molar refractivity (Wildman–Crippen MR) is 202 cm³/mol. The minimum Gasteiger partial charge on any atom is -0.488 e. The SMILES string of the molecule is c1ccc(-c2cccc(-c3nc(-c4cccc(-c5ccccc5)c4)nc(-c4cccc(-c5cccc6c5-c5ccccc5CO6)c4)n3)c2)cc1. The van der Waals surface area contributed by atoms with E-state index in [0.717, 1.165) is 61.4 Å². The average molecular weight is 642 g/mol. The third-order valence-corrected chi connectivity index (χ3v) is 9.22. The first-order chi connectivity index (χ1) is 24.8. The number of fused-ring (bicyclic) bond motifs is 3. The van der Waals surface area contributed by atoms with Gasteiger partial charge in [-0.2, -0.15) is 0 Å². The molecule has 2 heterocycles. The molecule has 8 aromatic rings. The molecule has 0 aliphatic carbocycles. The third-order valence-electron chi connectivity index (χ3n) is 9.22. The van der Waals surface area contributed by atoms with Crippen LogP contribution in [0.1, 0.15) is 5.56 Å². The minimum atomic E-state index is 0.569. The van der Waals surface area contributed by atoms with Gasteiger partial charge in [-0.15, -0.1) is 0 Å². The summed E-state index contributed by atoms with van der Waals surface area (Å²) in [5, 5.41) is 0. The highest BCUT2D eigenvalue weighted by Crippen LogP contribution is 2.44. The van der Waals surface area contributed by atoms with Crippen LogP contribution >= 0.6 is 0 Å². The van der Waals surface area contributed by atoms with Gasteiger partial charge in [0.05, 0.1) is 0 Å². The summed E-state index contributed by atoms with van der Waals surface area (Å²) in [6.45, 7) is 0.569. The smallest absolute Gasteiger partial charge is 0.164 e. The Balaban J connectivity index is 1.20. The van der Waals surface area contributed by atoms with Crippen molar-refractivity contribution in [1.82, 2.24) is 15.0 Å². The Morgan fingerprint density at radius 1 is 0.340 bits per heavy atom. The molecule has 0 spiro atoms. The highest BCUT2D eigenvalue weighted by Gasteiger charge is 2.21.